The van der Waals surface area contributed by atoms with Crippen molar-refractivity contribution in [2.45, 2.75) is 19.5 Å². The maximum absolute atomic E-state index is 13.1. The molecule has 0 radical (unpaired) electrons. The fraction of sp³-hybridized carbons (Fsp3) is 0.250. The van der Waals surface area contributed by atoms with E-state index in [1.54, 1.807) is 19.2 Å². The van der Waals surface area contributed by atoms with Crippen LogP contribution in [0.3, 0.4) is 0 Å². The third kappa shape index (κ3) is 3.88. The molecule has 3 rings (SSSR count). The van der Waals surface area contributed by atoms with Gasteiger partial charge in [0, 0.05) is 17.7 Å². The molecule has 130 valence electrons. The lowest BCUT2D eigenvalue weighted by Gasteiger charge is -2.23. The van der Waals surface area contributed by atoms with Crippen molar-refractivity contribution in [2.24, 2.45) is 0 Å². The molecule has 0 saturated carbocycles. The van der Waals surface area contributed by atoms with Gasteiger partial charge < -0.3 is 9.26 Å². The quantitative estimate of drug-likeness (QED) is 0.653. The zero-order valence-electron chi connectivity index (χ0n) is 14.6. The smallest absolute Gasteiger partial charge is 0.151 e. The molecule has 25 heavy (non-hydrogen) atoms. The SMILES string of the molecule is COc1ccccc1-c1cc(CN(C)C(C)c2ccc(F)cc2)on1. The molecule has 0 spiro atoms. The van der Waals surface area contributed by atoms with Crippen molar-refractivity contribution in [1.82, 2.24) is 10.1 Å². The van der Waals surface area contributed by atoms with Crippen LogP contribution in [0.4, 0.5) is 4.39 Å². The Hall–Kier alpha value is -2.66. The summed E-state index contributed by atoms with van der Waals surface area (Å²) < 4.78 is 23.9. The molecule has 0 N–H and O–H groups in total. The van der Waals surface area contributed by atoms with Gasteiger partial charge in [0.25, 0.3) is 0 Å². The van der Waals surface area contributed by atoms with Gasteiger partial charge in [0.2, 0.25) is 0 Å². The van der Waals surface area contributed by atoms with Crippen molar-refractivity contribution < 1.29 is 13.7 Å². The second kappa shape index (κ2) is 7.49. The monoisotopic (exact) mass is 340 g/mol. The van der Waals surface area contributed by atoms with E-state index in [1.165, 1.54) is 12.1 Å². The summed E-state index contributed by atoms with van der Waals surface area (Å²) in [5, 5.41) is 4.16. The van der Waals surface area contributed by atoms with E-state index in [9.17, 15) is 4.39 Å². The van der Waals surface area contributed by atoms with Gasteiger partial charge in [0.15, 0.2) is 5.76 Å². The molecular weight excluding hydrogens is 319 g/mol. The molecule has 5 heteroatoms. The molecule has 0 aliphatic carbocycles. The Balaban J connectivity index is 1.73. The van der Waals surface area contributed by atoms with Gasteiger partial charge in [-0.3, -0.25) is 4.90 Å². The molecule has 0 amide bonds. The van der Waals surface area contributed by atoms with Crippen LogP contribution in [0.2, 0.25) is 0 Å². The van der Waals surface area contributed by atoms with Gasteiger partial charge in [-0.1, -0.05) is 29.4 Å². The maximum atomic E-state index is 13.1. The number of halogens is 1. The molecule has 1 aromatic heterocycles. The predicted octanol–water partition coefficient (Wildman–Crippen LogP) is 4.68. The zero-order valence-corrected chi connectivity index (χ0v) is 14.6. The zero-order chi connectivity index (χ0) is 17.8. The lowest BCUT2D eigenvalue weighted by atomic mass is 10.1. The first-order valence-corrected chi connectivity index (χ1v) is 8.13. The molecule has 4 nitrogen and oxygen atoms in total. The number of ether oxygens (including phenoxy) is 1. The van der Waals surface area contributed by atoms with Gasteiger partial charge in [-0.25, -0.2) is 4.39 Å². The van der Waals surface area contributed by atoms with Crippen molar-refractivity contribution >= 4 is 0 Å². The van der Waals surface area contributed by atoms with Crippen LogP contribution in [0.15, 0.2) is 59.1 Å². The van der Waals surface area contributed by atoms with E-state index >= 15 is 0 Å². The average Bonchev–Trinajstić information content (AvgIpc) is 3.10. The molecule has 0 saturated heterocycles. The number of methoxy groups -OCH3 is 1. The third-order valence-electron chi connectivity index (χ3n) is 4.36. The van der Waals surface area contributed by atoms with Gasteiger partial charge in [-0.05, 0) is 43.8 Å². The van der Waals surface area contributed by atoms with Gasteiger partial charge in [-0.15, -0.1) is 0 Å². The largest absolute Gasteiger partial charge is 0.496 e. The highest BCUT2D eigenvalue weighted by Crippen LogP contribution is 2.30. The lowest BCUT2D eigenvalue weighted by molar-refractivity contribution is 0.221. The van der Waals surface area contributed by atoms with Crippen LogP contribution in [0, 0.1) is 5.82 Å². The molecule has 0 bridgehead atoms. The maximum Gasteiger partial charge on any atom is 0.151 e. The normalized spacial score (nSPS) is 12.4. The van der Waals surface area contributed by atoms with E-state index in [1.807, 2.05) is 37.4 Å². The highest BCUT2D eigenvalue weighted by Gasteiger charge is 2.16. The number of hydrogen-bond donors (Lipinski definition) is 0. The summed E-state index contributed by atoms with van der Waals surface area (Å²) in [6.07, 6.45) is 0. The Labute approximate surface area is 146 Å². The predicted molar refractivity (Wildman–Crippen MR) is 94.8 cm³/mol. The van der Waals surface area contributed by atoms with Gasteiger partial charge in [0.05, 0.1) is 13.7 Å². The number of aromatic nitrogens is 1. The Morgan fingerprint density at radius 2 is 1.88 bits per heavy atom. The minimum atomic E-state index is -0.227. The van der Waals surface area contributed by atoms with Gasteiger partial charge >= 0.3 is 0 Å². The molecule has 1 heterocycles. The number of nitrogens with zero attached hydrogens (tertiary/aromatic N) is 2. The fourth-order valence-corrected chi connectivity index (χ4v) is 2.75. The molecule has 1 atom stereocenters. The van der Waals surface area contributed by atoms with Crippen molar-refractivity contribution in [2.75, 3.05) is 14.2 Å². The number of hydrogen-bond acceptors (Lipinski definition) is 4. The molecule has 0 aliphatic rings. The van der Waals surface area contributed by atoms with E-state index < -0.39 is 0 Å². The molecule has 3 aromatic rings. The Kier molecular flexibility index (Phi) is 5.14. The summed E-state index contributed by atoms with van der Waals surface area (Å²) >= 11 is 0. The van der Waals surface area contributed by atoms with Crippen molar-refractivity contribution in [1.29, 1.82) is 0 Å². The second-order valence-corrected chi connectivity index (χ2v) is 6.02. The number of benzene rings is 2. The summed E-state index contributed by atoms with van der Waals surface area (Å²) in [6.45, 7) is 2.67. The highest BCUT2D eigenvalue weighted by atomic mass is 19.1. The van der Waals surface area contributed by atoms with E-state index in [0.717, 1.165) is 28.3 Å². The van der Waals surface area contributed by atoms with Crippen LogP contribution < -0.4 is 4.74 Å². The first-order chi connectivity index (χ1) is 12.1. The summed E-state index contributed by atoms with van der Waals surface area (Å²) in [5.41, 5.74) is 2.69. The minimum Gasteiger partial charge on any atom is -0.496 e. The van der Waals surface area contributed by atoms with Crippen molar-refractivity contribution in [3.8, 4) is 17.0 Å². The Morgan fingerprint density at radius 3 is 2.60 bits per heavy atom. The number of para-hydroxylation sites is 1. The van der Waals surface area contributed by atoms with Gasteiger partial charge in [-0.2, -0.15) is 0 Å². The topological polar surface area (TPSA) is 38.5 Å². The molecule has 1 unspecified atom stereocenters. The van der Waals surface area contributed by atoms with Crippen molar-refractivity contribution in [3.63, 3.8) is 0 Å². The average molecular weight is 340 g/mol. The summed E-state index contributed by atoms with van der Waals surface area (Å²) in [6, 6.07) is 16.3. The van der Waals surface area contributed by atoms with Crippen LogP contribution in [-0.4, -0.2) is 24.2 Å². The van der Waals surface area contributed by atoms with E-state index in [-0.39, 0.29) is 11.9 Å². The summed E-state index contributed by atoms with van der Waals surface area (Å²) in [4.78, 5) is 2.12. The van der Waals surface area contributed by atoms with Crippen LogP contribution in [0.25, 0.3) is 11.3 Å². The van der Waals surface area contributed by atoms with Gasteiger partial charge in [0.1, 0.15) is 17.3 Å². The highest BCUT2D eigenvalue weighted by molar-refractivity contribution is 5.66. The fourth-order valence-electron chi connectivity index (χ4n) is 2.75. The first-order valence-electron chi connectivity index (χ1n) is 8.13. The second-order valence-electron chi connectivity index (χ2n) is 6.02. The van der Waals surface area contributed by atoms with Crippen LogP contribution in [0.1, 0.15) is 24.3 Å². The first kappa shape index (κ1) is 17.2. The Morgan fingerprint density at radius 1 is 1.16 bits per heavy atom. The summed E-state index contributed by atoms with van der Waals surface area (Å²) in [5.74, 6) is 1.29. The standard InChI is InChI=1S/C20H21FN2O2/c1-14(15-8-10-16(21)11-9-15)23(2)13-17-12-19(22-25-17)18-6-4-5-7-20(18)24-3/h4-12,14H,13H2,1-3H3. The molecular formula is C20H21FN2O2. The van der Waals surface area contributed by atoms with Crippen LogP contribution >= 0.6 is 0 Å². The number of rotatable bonds is 6. The van der Waals surface area contributed by atoms with E-state index in [2.05, 4.69) is 17.0 Å². The van der Waals surface area contributed by atoms with Crippen molar-refractivity contribution in [3.05, 3.63) is 71.7 Å². The van der Waals surface area contributed by atoms with Crippen LogP contribution in [-0.2, 0) is 6.54 Å². The van der Waals surface area contributed by atoms with E-state index in [0.29, 0.717) is 6.54 Å². The van der Waals surface area contributed by atoms with Crippen LogP contribution in [0.5, 0.6) is 5.75 Å². The lowest BCUT2D eigenvalue weighted by Crippen LogP contribution is -2.21. The van der Waals surface area contributed by atoms with E-state index in [4.69, 9.17) is 9.26 Å². The third-order valence-corrected chi connectivity index (χ3v) is 4.36. The minimum absolute atomic E-state index is 0.125. The molecule has 0 aliphatic heterocycles. The summed E-state index contributed by atoms with van der Waals surface area (Å²) in [7, 11) is 3.64. The molecule has 0 fully saturated rings. The molecule has 2 aromatic carbocycles. The Bertz CT molecular complexity index is 830.